The number of nitrogens with one attached hydrogen (secondary N) is 2. The van der Waals surface area contributed by atoms with Crippen LogP contribution in [0.2, 0.25) is 0 Å². The van der Waals surface area contributed by atoms with Crippen molar-refractivity contribution in [3.63, 3.8) is 0 Å². The predicted molar refractivity (Wildman–Crippen MR) is 87.1 cm³/mol. The van der Waals surface area contributed by atoms with Gasteiger partial charge >= 0.3 is 0 Å². The molecule has 0 unspecified atom stereocenters. The van der Waals surface area contributed by atoms with Crippen molar-refractivity contribution < 1.29 is 13.6 Å². The second kappa shape index (κ2) is 6.91. The van der Waals surface area contributed by atoms with Crippen LogP contribution in [0.25, 0.3) is 0 Å². The molecule has 0 aliphatic heterocycles. The van der Waals surface area contributed by atoms with E-state index in [-0.39, 0.29) is 23.5 Å². The highest BCUT2D eigenvalue weighted by Crippen LogP contribution is 2.26. The van der Waals surface area contributed by atoms with Gasteiger partial charge in [0.2, 0.25) is 5.82 Å². The third-order valence-corrected chi connectivity index (χ3v) is 3.72. The van der Waals surface area contributed by atoms with Crippen molar-refractivity contribution in [3.8, 4) is 0 Å². The second-order valence-electron chi connectivity index (χ2n) is 4.65. The molecule has 0 saturated heterocycles. The number of halogens is 3. The summed E-state index contributed by atoms with van der Waals surface area (Å²) >= 11 is 3.12. The van der Waals surface area contributed by atoms with Gasteiger partial charge in [0.15, 0.2) is 0 Å². The van der Waals surface area contributed by atoms with Gasteiger partial charge in [0.25, 0.3) is 11.5 Å². The first-order valence-electron chi connectivity index (χ1n) is 6.76. The Bertz CT molecular complexity index is 821. The van der Waals surface area contributed by atoms with E-state index in [1.165, 1.54) is 25.4 Å². The van der Waals surface area contributed by atoms with Gasteiger partial charge in [-0.3, -0.25) is 9.59 Å². The van der Waals surface area contributed by atoms with Crippen LogP contribution < -0.4 is 16.2 Å². The number of aryl methyl sites for hydroxylation is 1. The number of anilines is 2. The molecule has 0 radical (unpaired) electrons. The van der Waals surface area contributed by atoms with Crippen LogP contribution in [0.4, 0.5) is 20.2 Å². The van der Waals surface area contributed by atoms with E-state index in [1.807, 2.05) is 0 Å². The largest absolute Gasteiger partial charge is 0.355 e. The van der Waals surface area contributed by atoms with Crippen molar-refractivity contribution in [3.05, 3.63) is 56.4 Å². The fraction of sp³-hybridized carbons (Fsp3) is 0.200. The lowest BCUT2D eigenvalue weighted by Gasteiger charge is -2.15. The Morgan fingerprint density at radius 2 is 2.04 bits per heavy atom. The molecule has 0 spiro atoms. The number of hydrogen-bond acceptors (Lipinski definition) is 3. The Hall–Kier alpha value is -2.22. The molecular weight excluding hydrogens is 372 g/mol. The minimum absolute atomic E-state index is 0.0501. The average molecular weight is 386 g/mol. The Morgan fingerprint density at radius 3 is 2.61 bits per heavy atom. The molecule has 5 nitrogen and oxygen atoms in total. The number of carbonyl (C=O) groups is 1. The number of rotatable bonds is 4. The molecule has 1 aromatic carbocycles. The Kier molecular flexibility index (Phi) is 5.15. The van der Waals surface area contributed by atoms with Gasteiger partial charge in [0.05, 0.1) is 16.9 Å². The number of carbonyl (C=O) groups excluding carboxylic acids is 1. The molecule has 1 heterocycles. The molecule has 2 N–H and O–H groups in total. The van der Waals surface area contributed by atoms with Crippen LogP contribution in [-0.2, 0) is 6.54 Å². The molecule has 0 aliphatic rings. The number of amides is 1. The summed E-state index contributed by atoms with van der Waals surface area (Å²) in [6, 6.07) is 4.11. The fourth-order valence-corrected chi connectivity index (χ4v) is 2.35. The highest BCUT2D eigenvalue weighted by Gasteiger charge is 2.20. The van der Waals surface area contributed by atoms with Crippen LogP contribution in [0.5, 0.6) is 0 Å². The van der Waals surface area contributed by atoms with Gasteiger partial charge in [-0.25, -0.2) is 4.39 Å². The fourth-order valence-electron chi connectivity index (χ4n) is 2.02. The minimum Gasteiger partial charge on any atom is -0.355 e. The molecule has 8 heteroatoms. The van der Waals surface area contributed by atoms with Gasteiger partial charge in [-0.05, 0) is 25.1 Å². The van der Waals surface area contributed by atoms with E-state index in [2.05, 4.69) is 26.6 Å². The van der Waals surface area contributed by atoms with E-state index < -0.39 is 23.1 Å². The molecular formula is C15H14BrF2N3O2. The lowest BCUT2D eigenvalue weighted by molar-refractivity contribution is 0.0962. The average Bonchev–Trinajstić information content (AvgIpc) is 2.53. The van der Waals surface area contributed by atoms with Gasteiger partial charge < -0.3 is 15.2 Å². The molecule has 0 atom stereocenters. The molecule has 2 rings (SSSR count). The van der Waals surface area contributed by atoms with Gasteiger partial charge in [0.1, 0.15) is 5.82 Å². The monoisotopic (exact) mass is 385 g/mol. The summed E-state index contributed by atoms with van der Waals surface area (Å²) in [6.45, 7) is 1.85. The predicted octanol–water partition coefficient (Wildman–Crippen LogP) is 3.01. The quantitative estimate of drug-likeness (QED) is 0.850. The van der Waals surface area contributed by atoms with Crippen LogP contribution in [0, 0.1) is 11.6 Å². The van der Waals surface area contributed by atoms with E-state index in [1.54, 1.807) is 13.0 Å². The van der Waals surface area contributed by atoms with Crippen molar-refractivity contribution >= 4 is 33.2 Å². The molecule has 1 amide bonds. The number of hydrogen-bond donors (Lipinski definition) is 2. The Morgan fingerprint density at radius 1 is 1.35 bits per heavy atom. The molecule has 2 aromatic rings. The first-order chi connectivity index (χ1) is 10.9. The van der Waals surface area contributed by atoms with Crippen LogP contribution in [0.1, 0.15) is 17.3 Å². The molecule has 0 saturated carbocycles. The van der Waals surface area contributed by atoms with Crippen LogP contribution in [0.3, 0.4) is 0 Å². The highest BCUT2D eigenvalue weighted by molar-refractivity contribution is 9.10. The summed E-state index contributed by atoms with van der Waals surface area (Å²) < 4.78 is 29.9. The van der Waals surface area contributed by atoms with E-state index in [0.717, 1.165) is 4.57 Å². The summed E-state index contributed by atoms with van der Waals surface area (Å²) in [5, 5.41) is 4.87. The maximum absolute atomic E-state index is 14.4. The number of nitrogens with zero attached hydrogens (tertiary/aromatic N) is 1. The smallest absolute Gasteiger partial charge is 0.288 e. The third kappa shape index (κ3) is 3.42. The maximum atomic E-state index is 14.4. The van der Waals surface area contributed by atoms with Crippen LogP contribution >= 0.6 is 15.9 Å². The zero-order valence-electron chi connectivity index (χ0n) is 12.4. The van der Waals surface area contributed by atoms with Crippen molar-refractivity contribution in [2.45, 2.75) is 13.5 Å². The van der Waals surface area contributed by atoms with Crippen molar-refractivity contribution in [2.24, 2.45) is 0 Å². The lowest BCUT2D eigenvalue weighted by atomic mass is 10.2. The maximum Gasteiger partial charge on any atom is 0.288 e. The summed E-state index contributed by atoms with van der Waals surface area (Å²) in [5.41, 5.74) is -1.39. The van der Waals surface area contributed by atoms with E-state index in [0.29, 0.717) is 4.47 Å². The van der Waals surface area contributed by atoms with Crippen molar-refractivity contribution in [2.75, 3.05) is 12.4 Å². The Labute approximate surface area is 139 Å². The van der Waals surface area contributed by atoms with Crippen LogP contribution in [0.15, 0.2) is 33.7 Å². The van der Waals surface area contributed by atoms with Crippen molar-refractivity contribution in [1.29, 1.82) is 0 Å². The summed E-state index contributed by atoms with van der Waals surface area (Å²) in [4.78, 5) is 23.9. The summed E-state index contributed by atoms with van der Waals surface area (Å²) in [5.74, 6) is -2.39. The zero-order chi connectivity index (χ0) is 17.1. The van der Waals surface area contributed by atoms with E-state index in [9.17, 15) is 18.4 Å². The molecule has 1 aromatic heterocycles. The molecule has 0 aliphatic carbocycles. The molecule has 0 bridgehead atoms. The molecule has 0 fully saturated rings. The standard InChI is InChI=1S/C15H14BrF2N3O2/c1-3-21-7-9(14(22)19-2)13(12(18)15(21)23)20-11-5-4-8(16)6-10(11)17/h4-7,20H,3H2,1-2H3,(H,19,22). The molecule has 122 valence electrons. The van der Waals surface area contributed by atoms with Gasteiger partial charge in [-0.2, -0.15) is 4.39 Å². The number of benzene rings is 1. The first-order valence-corrected chi connectivity index (χ1v) is 7.55. The van der Waals surface area contributed by atoms with Crippen molar-refractivity contribution in [1.82, 2.24) is 9.88 Å². The third-order valence-electron chi connectivity index (χ3n) is 3.23. The van der Waals surface area contributed by atoms with Gasteiger partial charge in [0, 0.05) is 24.3 Å². The number of pyridine rings is 1. The summed E-state index contributed by atoms with van der Waals surface area (Å²) in [7, 11) is 1.38. The lowest BCUT2D eigenvalue weighted by Crippen LogP contribution is -2.28. The summed E-state index contributed by atoms with van der Waals surface area (Å²) in [6.07, 6.45) is 1.24. The van der Waals surface area contributed by atoms with Gasteiger partial charge in [-0.15, -0.1) is 0 Å². The SMILES string of the molecule is CCn1cc(C(=O)NC)c(Nc2ccc(Br)cc2F)c(F)c1=O. The van der Waals surface area contributed by atoms with Gasteiger partial charge in [-0.1, -0.05) is 15.9 Å². The highest BCUT2D eigenvalue weighted by atomic mass is 79.9. The van der Waals surface area contributed by atoms with E-state index in [4.69, 9.17) is 0 Å². The van der Waals surface area contributed by atoms with E-state index >= 15 is 0 Å². The molecule has 23 heavy (non-hydrogen) atoms. The normalized spacial score (nSPS) is 10.5. The zero-order valence-corrected chi connectivity index (χ0v) is 14.0. The number of aromatic nitrogens is 1. The minimum atomic E-state index is -1.14. The second-order valence-corrected chi connectivity index (χ2v) is 5.57. The van der Waals surface area contributed by atoms with Crippen LogP contribution in [-0.4, -0.2) is 17.5 Å². The topological polar surface area (TPSA) is 63.1 Å². The first kappa shape index (κ1) is 17.1. The Balaban J connectivity index is 2.62.